The van der Waals surface area contributed by atoms with Gasteiger partial charge in [-0.25, -0.2) is 20.1 Å². The van der Waals surface area contributed by atoms with Crippen molar-refractivity contribution < 1.29 is 27.0 Å². The maximum Gasteiger partial charge on any atom is 0.300 e. The van der Waals surface area contributed by atoms with Gasteiger partial charge >= 0.3 is 0 Å². The third kappa shape index (κ3) is 9.79. The predicted octanol–water partition coefficient (Wildman–Crippen LogP) is 6.42. The fourth-order valence-corrected chi connectivity index (χ4v) is 8.84. The molecule has 6 aromatic carbocycles. The topological polar surface area (TPSA) is 37.3 Å². The van der Waals surface area contributed by atoms with Crippen LogP contribution < -0.4 is 31.8 Å². The molecule has 41 heavy (non-hydrogen) atoms. The molecule has 5 heteroatoms. The third-order valence-corrected chi connectivity index (χ3v) is 10.8. The molecule has 0 atom stereocenters. The van der Waals surface area contributed by atoms with E-state index < -0.39 is 21.8 Å². The Morgan fingerprint density at radius 3 is 1.17 bits per heavy atom. The molecule has 0 spiro atoms. The first kappa shape index (κ1) is 32.0. The van der Waals surface area contributed by atoms with Crippen LogP contribution in [-0.2, 0) is 21.9 Å². The number of rotatable bonds is 6. The van der Waals surface area contributed by atoms with E-state index in [0.717, 1.165) is 6.92 Å². The molecular weight excluding hydrogens is 582 g/mol. The number of carbonyl (C=O) groups is 1. The maximum atomic E-state index is 9.00. The summed E-state index contributed by atoms with van der Waals surface area (Å²) in [5, 5.41) is 15.9. The first-order chi connectivity index (χ1) is 19.6. The summed E-state index contributed by atoms with van der Waals surface area (Å²) in [7, 11) is -0.818. The van der Waals surface area contributed by atoms with Crippen LogP contribution >= 0.6 is 15.8 Å². The molecule has 0 fully saturated rings. The summed E-state index contributed by atoms with van der Waals surface area (Å²) in [6.45, 7) is 1.08. The standard InChI is InChI=1S/2C17H14P.C2H4O2.Fe/c2*1-3-9-15(10-4-1)18(17-13-7-8-14-17)16-11-5-2-6-12-16;1-2(3)4;/h2*1-14H;1H3,(H,3,4);/q-5;-1;;. The second-order valence-corrected chi connectivity index (χ2v) is 13.3. The Labute approximate surface area is 256 Å². The van der Waals surface area contributed by atoms with Crippen molar-refractivity contribution in [2.24, 2.45) is 0 Å². The van der Waals surface area contributed by atoms with E-state index in [9.17, 15) is 0 Å². The van der Waals surface area contributed by atoms with E-state index in [1.165, 1.54) is 31.8 Å². The van der Waals surface area contributed by atoms with Crippen LogP contribution in [0.15, 0.2) is 170 Å². The number of benzene rings is 4. The first-order valence-electron chi connectivity index (χ1n) is 13.1. The molecule has 0 radical (unpaired) electrons. The van der Waals surface area contributed by atoms with Crippen LogP contribution in [-0.4, -0.2) is 11.1 Å². The molecule has 2 nitrogen and oxygen atoms in total. The molecule has 0 aliphatic carbocycles. The number of carboxylic acid groups (broad SMARTS) is 1. The molecule has 6 rings (SSSR count). The van der Waals surface area contributed by atoms with Gasteiger partial charge < -0.3 is 34.7 Å². The molecule has 212 valence electrons. The average molecular weight is 614 g/mol. The van der Waals surface area contributed by atoms with E-state index in [1.807, 2.05) is 0 Å². The van der Waals surface area contributed by atoms with Crippen LogP contribution in [0.3, 0.4) is 0 Å². The fourth-order valence-electron chi connectivity index (χ4n) is 4.23. The largest absolute Gasteiger partial charge is 0.747 e. The Balaban J connectivity index is 0.000000196. The second kappa shape index (κ2) is 17.3. The van der Waals surface area contributed by atoms with Crippen molar-refractivity contribution >= 4 is 53.6 Å². The van der Waals surface area contributed by atoms with Crippen molar-refractivity contribution in [1.82, 2.24) is 0 Å². The van der Waals surface area contributed by atoms with Gasteiger partial charge in [-0.05, 0) is 10.6 Å². The Morgan fingerprint density at radius 2 is 0.854 bits per heavy atom. The number of carboxylic acids is 1. The molecular formula is C36H32FeO2P2-6. The zero-order chi connectivity index (χ0) is 28.0. The molecule has 0 aliphatic heterocycles. The molecule has 0 aliphatic rings. The molecule has 0 amide bonds. The Hall–Kier alpha value is -3.57. The van der Waals surface area contributed by atoms with Crippen LogP contribution in [0.4, 0.5) is 0 Å². The summed E-state index contributed by atoms with van der Waals surface area (Å²) >= 11 is 0. The van der Waals surface area contributed by atoms with E-state index in [1.54, 1.807) is 0 Å². The van der Waals surface area contributed by atoms with Gasteiger partial charge in [-0.3, -0.25) is 4.79 Å². The van der Waals surface area contributed by atoms with Gasteiger partial charge in [0.2, 0.25) is 0 Å². The molecule has 1 N–H and O–H groups in total. The normalized spacial score (nSPS) is 10.0. The van der Waals surface area contributed by atoms with Crippen LogP contribution in [0.25, 0.3) is 0 Å². The van der Waals surface area contributed by atoms with E-state index in [4.69, 9.17) is 9.90 Å². The van der Waals surface area contributed by atoms with E-state index in [0.29, 0.717) is 0 Å². The predicted molar refractivity (Wildman–Crippen MR) is 175 cm³/mol. The van der Waals surface area contributed by atoms with E-state index in [-0.39, 0.29) is 17.1 Å². The van der Waals surface area contributed by atoms with Gasteiger partial charge in [-0.2, -0.15) is 12.1 Å². The Morgan fingerprint density at radius 1 is 0.561 bits per heavy atom. The van der Waals surface area contributed by atoms with E-state index >= 15 is 0 Å². The SMILES string of the molecule is CC(=O)O.[Fe].c1ccc(P(c2ccccc2)[c-]2[cH-][cH-][cH-][cH-]2)cc1.c1ccc(P(c2ccccc2)[c-]2cccc2)cc1. The first-order valence-corrected chi connectivity index (χ1v) is 15.8. The average Bonchev–Trinajstić information content (AvgIpc) is 3.72. The van der Waals surface area contributed by atoms with Gasteiger partial charge in [0.25, 0.3) is 5.97 Å². The molecule has 0 saturated carbocycles. The smallest absolute Gasteiger partial charge is 0.300 e. The van der Waals surface area contributed by atoms with Gasteiger partial charge in [-0.15, -0.1) is 5.30 Å². The van der Waals surface area contributed by atoms with Crippen LogP contribution in [0.5, 0.6) is 0 Å². The van der Waals surface area contributed by atoms with Gasteiger partial charge in [-0.1, -0.05) is 140 Å². The van der Waals surface area contributed by atoms with Crippen LogP contribution in [0, 0.1) is 0 Å². The number of hydrogen-bond acceptors (Lipinski definition) is 1. The van der Waals surface area contributed by atoms with Crippen molar-refractivity contribution in [2.45, 2.75) is 6.92 Å². The maximum absolute atomic E-state index is 9.00. The van der Waals surface area contributed by atoms with Gasteiger partial charge in [0, 0.05) is 24.0 Å². The minimum atomic E-state index is -0.833. The third-order valence-electron chi connectivity index (χ3n) is 5.86. The van der Waals surface area contributed by atoms with Crippen molar-refractivity contribution in [3.8, 4) is 0 Å². The molecule has 6 aromatic rings. The zero-order valence-corrected chi connectivity index (χ0v) is 25.7. The van der Waals surface area contributed by atoms with Gasteiger partial charge in [0.15, 0.2) is 0 Å². The Bertz CT molecular complexity index is 1310. The van der Waals surface area contributed by atoms with E-state index in [2.05, 4.69) is 170 Å². The quantitative estimate of drug-likeness (QED) is 0.134. The van der Waals surface area contributed by atoms with Gasteiger partial charge in [0.05, 0.1) is 0 Å². The summed E-state index contributed by atoms with van der Waals surface area (Å²) in [6.07, 6.45) is 0. The monoisotopic (exact) mass is 614 g/mol. The molecule has 0 unspecified atom stereocenters. The van der Waals surface area contributed by atoms with Crippen LogP contribution in [0.2, 0.25) is 0 Å². The minimum Gasteiger partial charge on any atom is -0.747 e. The molecule has 0 bridgehead atoms. The summed E-state index contributed by atoms with van der Waals surface area (Å²) in [5.74, 6) is -0.833. The van der Waals surface area contributed by atoms with Crippen LogP contribution in [0.1, 0.15) is 6.92 Å². The minimum absolute atomic E-state index is 0. The summed E-state index contributed by atoms with van der Waals surface area (Å²) in [4.78, 5) is 9.00. The molecule has 0 heterocycles. The zero-order valence-electron chi connectivity index (χ0n) is 22.8. The fraction of sp³-hybridized carbons (Fsp3) is 0.0278. The van der Waals surface area contributed by atoms with Crippen molar-refractivity contribution in [3.63, 3.8) is 0 Å². The summed E-state index contributed by atoms with van der Waals surface area (Å²) in [5.41, 5.74) is 0. The number of hydrogen-bond donors (Lipinski definition) is 1. The molecule has 0 aromatic heterocycles. The van der Waals surface area contributed by atoms with Gasteiger partial charge in [0.1, 0.15) is 0 Å². The van der Waals surface area contributed by atoms with Crippen molar-refractivity contribution in [3.05, 3.63) is 170 Å². The summed E-state index contributed by atoms with van der Waals surface area (Å²) < 4.78 is 0. The van der Waals surface area contributed by atoms with Crippen molar-refractivity contribution in [2.75, 3.05) is 0 Å². The molecule has 0 saturated heterocycles. The Kier molecular flexibility index (Phi) is 13.5. The summed E-state index contributed by atoms with van der Waals surface area (Å²) in [6, 6.07) is 60.5. The second-order valence-electron chi connectivity index (χ2n) is 8.82. The number of aliphatic carboxylic acids is 1. The van der Waals surface area contributed by atoms with Crippen molar-refractivity contribution in [1.29, 1.82) is 0 Å².